The molecule has 1 aliphatic carbocycles. The van der Waals surface area contributed by atoms with Crippen molar-refractivity contribution in [3.63, 3.8) is 0 Å². The highest BCUT2D eigenvalue weighted by atomic mass is 16.5. The molecule has 1 aromatic heterocycles. The van der Waals surface area contributed by atoms with Gasteiger partial charge in [-0.05, 0) is 71.2 Å². The van der Waals surface area contributed by atoms with Gasteiger partial charge in [-0.1, -0.05) is 11.8 Å². The lowest BCUT2D eigenvalue weighted by atomic mass is 10.0. The molecule has 5 rings (SSSR count). The van der Waals surface area contributed by atoms with Crippen molar-refractivity contribution in [2.45, 2.75) is 63.5 Å². The molecule has 3 fully saturated rings. The molecule has 3 aliphatic rings. The Labute approximate surface area is 210 Å². The number of nitrogens with zero attached hydrogens (tertiary/aromatic N) is 5. The molecule has 1 aromatic carbocycles. The average molecular weight is 477 g/mol. The lowest BCUT2D eigenvalue weighted by Crippen LogP contribution is -2.40. The molecule has 3 heterocycles. The Bertz CT molecular complexity index is 1070. The highest BCUT2D eigenvalue weighted by molar-refractivity contribution is 5.93. The molecule has 2 saturated heterocycles. The summed E-state index contributed by atoms with van der Waals surface area (Å²) in [6.45, 7) is 5.36. The molecule has 188 valence electrons. The molecule has 0 atom stereocenters. The summed E-state index contributed by atoms with van der Waals surface area (Å²) < 4.78 is 5.76. The highest BCUT2D eigenvalue weighted by Crippen LogP contribution is 2.33. The summed E-state index contributed by atoms with van der Waals surface area (Å²) in [5.74, 6) is 9.20. The summed E-state index contributed by atoms with van der Waals surface area (Å²) >= 11 is 0. The van der Waals surface area contributed by atoms with Gasteiger partial charge < -0.3 is 24.8 Å². The number of likely N-dealkylation sites (tertiary alicyclic amines) is 1. The second-order valence-electron chi connectivity index (χ2n) is 10.5. The average Bonchev–Trinajstić information content (AvgIpc) is 3.72. The molecule has 2 aromatic rings. The maximum atomic E-state index is 5.76. The third kappa shape index (κ3) is 5.99. The first-order valence-corrected chi connectivity index (χ1v) is 13.4. The van der Waals surface area contributed by atoms with E-state index >= 15 is 0 Å². The first-order chi connectivity index (χ1) is 17.1. The molecule has 0 unspecified atom stereocenters. The van der Waals surface area contributed by atoms with Gasteiger partial charge in [-0.15, -0.1) is 0 Å². The molecule has 0 bridgehead atoms. The number of hydrogen-bond acceptors (Lipinski definition) is 7. The third-order valence-electron chi connectivity index (χ3n) is 7.48. The normalized spacial score (nSPS) is 19.6. The maximum absolute atomic E-state index is 5.76. The predicted octanol–water partition coefficient (Wildman–Crippen LogP) is 3.97. The van der Waals surface area contributed by atoms with Crippen molar-refractivity contribution in [3.8, 4) is 17.6 Å². The molecule has 0 radical (unpaired) electrons. The van der Waals surface area contributed by atoms with E-state index in [1.54, 1.807) is 7.11 Å². The van der Waals surface area contributed by atoms with E-state index < -0.39 is 0 Å². The third-order valence-corrected chi connectivity index (χ3v) is 7.48. The number of nitrogens with one attached hydrogen (secondary N) is 1. The van der Waals surface area contributed by atoms with E-state index in [-0.39, 0.29) is 0 Å². The number of anilines is 2. The van der Waals surface area contributed by atoms with Gasteiger partial charge in [0.1, 0.15) is 11.6 Å². The molecular weight excluding hydrogens is 436 g/mol. The van der Waals surface area contributed by atoms with Crippen molar-refractivity contribution in [1.29, 1.82) is 0 Å². The fourth-order valence-corrected chi connectivity index (χ4v) is 5.23. The van der Waals surface area contributed by atoms with Crippen molar-refractivity contribution in [1.82, 2.24) is 19.8 Å². The van der Waals surface area contributed by atoms with Crippen LogP contribution in [0.3, 0.4) is 0 Å². The van der Waals surface area contributed by atoms with E-state index in [2.05, 4.69) is 58.1 Å². The largest absolute Gasteiger partial charge is 0.495 e. The smallest absolute Gasteiger partial charge is 0.227 e. The molecule has 1 N–H and O–H groups in total. The Hall–Kier alpha value is -2.56. The van der Waals surface area contributed by atoms with Crippen LogP contribution < -0.4 is 15.0 Å². The molecule has 2 aliphatic heterocycles. The van der Waals surface area contributed by atoms with Gasteiger partial charge in [0, 0.05) is 56.6 Å². The predicted molar refractivity (Wildman–Crippen MR) is 143 cm³/mol. The topological polar surface area (TPSA) is 56.8 Å². The Morgan fingerprint density at radius 3 is 2.49 bits per heavy atom. The Morgan fingerprint density at radius 2 is 1.80 bits per heavy atom. The quantitative estimate of drug-likeness (QED) is 0.607. The van der Waals surface area contributed by atoms with E-state index in [1.165, 1.54) is 45.2 Å². The summed E-state index contributed by atoms with van der Waals surface area (Å²) in [5, 5.41) is 4.84. The highest BCUT2D eigenvalue weighted by Gasteiger charge is 2.32. The fraction of sp³-hybridized carbons (Fsp3) is 0.643. The zero-order valence-electron chi connectivity index (χ0n) is 21.6. The zero-order valence-corrected chi connectivity index (χ0v) is 21.6. The van der Waals surface area contributed by atoms with Crippen LogP contribution in [-0.4, -0.2) is 85.8 Å². The number of aromatic nitrogens is 2. The Morgan fingerprint density at radius 1 is 1.03 bits per heavy atom. The van der Waals surface area contributed by atoms with Crippen LogP contribution in [0.5, 0.6) is 5.75 Å². The van der Waals surface area contributed by atoms with Crippen LogP contribution in [0.1, 0.15) is 56.9 Å². The second kappa shape index (κ2) is 11.0. The number of rotatable bonds is 7. The van der Waals surface area contributed by atoms with Crippen LogP contribution in [0, 0.1) is 11.8 Å². The van der Waals surface area contributed by atoms with E-state index in [4.69, 9.17) is 14.7 Å². The molecular formula is C28H40N6O. The lowest BCUT2D eigenvalue weighted by molar-refractivity contribution is 0.210. The van der Waals surface area contributed by atoms with E-state index in [0.717, 1.165) is 78.9 Å². The molecule has 0 amide bonds. The van der Waals surface area contributed by atoms with Crippen molar-refractivity contribution in [2.75, 3.05) is 64.1 Å². The van der Waals surface area contributed by atoms with E-state index in [9.17, 15) is 0 Å². The number of methoxy groups -OCH3 is 1. The van der Waals surface area contributed by atoms with Gasteiger partial charge in [-0.2, -0.15) is 4.98 Å². The van der Waals surface area contributed by atoms with Crippen LogP contribution in [0.15, 0.2) is 12.1 Å². The first-order valence-electron chi connectivity index (χ1n) is 13.4. The SMILES string of the molecule is COc1cc2c(NC3CCN(C4CC4)CC3)nc(N3CCCCC3)nc2cc1C#CCCN(C)C. The van der Waals surface area contributed by atoms with E-state index in [1.807, 2.05) is 0 Å². The number of fused-ring (bicyclic) bond motifs is 1. The number of ether oxygens (including phenoxy) is 1. The van der Waals surface area contributed by atoms with Crippen LogP contribution in [0.4, 0.5) is 11.8 Å². The van der Waals surface area contributed by atoms with Crippen LogP contribution >= 0.6 is 0 Å². The zero-order chi connectivity index (χ0) is 24.2. The van der Waals surface area contributed by atoms with Gasteiger partial charge in [0.05, 0.1) is 18.2 Å². The van der Waals surface area contributed by atoms with Gasteiger partial charge in [-0.25, -0.2) is 4.98 Å². The Kier molecular flexibility index (Phi) is 7.60. The van der Waals surface area contributed by atoms with Gasteiger partial charge >= 0.3 is 0 Å². The first kappa shape index (κ1) is 24.1. The van der Waals surface area contributed by atoms with Gasteiger partial charge in [0.15, 0.2) is 0 Å². The Balaban J connectivity index is 1.45. The maximum Gasteiger partial charge on any atom is 0.227 e. The van der Waals surface area contributed by atoms with Crippen molar-refractivity contribution >= 4 is 22.7 Å². The van der Waals surface area contributed by atoms with Gasteiger partial charge in [-0.3, -0.25) is 0 Å². The van der Waals surface area contributed by atoms with Crippen molar-refractivity contribution in [2.24, 2.45) is 0 Å². The number of hydrogen-bond donors (Lipinski definition) is 1. The molecule has 7 heteroatoms. The van der Waals surface area contributed by atoms with Crippen LogP contribution in [0.2, 0.25) is 0 Å². The standard InChI is InChI=1S/C28H40N6O/c1-32(2)14-8-5-9-21-19-25-24(20-26(21)35-3)27(31-28(30-25)34-15-6-4-7-16-34)29-22-12-17-33(18-13-22)23-10-11-23/h19-20,22-23H,4,6-8,10-18H2,1-3H3,(H,29,30,31). The summed E-state index contributed by atoms with van der Waals surface area (Å²) in [6, 6.07) is 5.46. The minimum Gasteiger partial charge on any atom is -0.495 e. The molecule has 1 saturated carbocycles. The summed E-state index contributed by atoms with van der Waals surface area (Å²) in [4.78, 5) is 17.3. The number of piperidine rings is 2. The summed E-state index contributed by atoms with van der Waals surface area (Å²) in [7, 11) is 5.86. The lowest BCUT2D eigenvalue weighted by Gasteiger charge is -2.33. The van der Waals surface area contributed by atoms with Crippen LogP contribution in [-0.2, 0) is 0 Å². The van der Waals surface area contributed by atoms with Crippen LogP contribution in [0.25, 0.3) is 10.9 Å². The molecule has 35 heavy (non-hydrogen) atoms. The minimum absolute atomic E-state index is 0.439. The van der Waals surface area contributed by atoms with Crippen molar-refractivity contribution in [3.05, 3.63) is 17.7 Å². The monoisotopic (exact) mass is 476 g/mol. The fourth-order valence-electron chi connectivity index (χ4n) is 5.23. The molecule has 7 nitrogen and oxygen atoms in total. The van der Waals surface area contributed by atoms with E-state index in [0.29, 0.717) is 6.04 Å². The summed E-state index contributed by atoms with van der Waals surface area (Å²) in [5.41, 5.74) is 1.84. The minimum atomic E-state index is 0.439. The summed E-state index contributed by atoms with van der Waals surface area (Å²) in [6.07, 6.45) is 9.61. The van der Waals surface area contributed by atoms with Gasteiger partial charge in [0.25, 0.3) is 0 Å². The van der Waals surface area contributed by atoms with Crippen molar-refractivity contribution < 1.29 is 4.74 Å². The van der Waals surface area contributed by atoms with Gasteiger partial charge in [0.2, 0.25) is 5.95 Å². The molecule has 0 spiro atoms. The second-order valence-corrected chi connectivity index (χ2v) is 10.5. The number of benzene rings is 1.